The second-order valence-electron chi connectivity index (χ2n) is 6.72. The second-order valence-corrected chi connectivity index (χ2v) is 6.72. The Balaban J connectivity index is 1.53. The van der Waals surface area contributed by atoms with Gasteiger partial charge >= 0.3 is 6.03 Å². The van der Waals surface area contributed by atoms with E-state index in [1.165, 1.54) is 0 Å². The van der Waals surface area contributed by atoms with E-state index in [1.54, 1.807) is 30.3 Å². The maximum atomic E-state index is 12.6. The Morgan fingerprint density at radius 2 is 1.57 bits per heavy atom. The lowest BCUT2D eigenvalue weighted by Gasteiger charge is -2.11. The minimum atomic E-state index is -0.386. The van der Waals surface area contributed by atoms with Crippen LogP contribution in [-0.2, 0) is 0 Å². The van der Waals surface area contributed by atoms with Gasteiger partial charge in [0.25, 0.3) is 5.91 Å². The molecule has 3 aromatic carbocycles. The summed E-state index contributed by atoms with van der Waals surface area (Å²) in [6, 6.07) is 17.6. The number of anilines is 3. The molecule has 0 fully saturated rings. The molecule has 28 heavy (non-hydrogen) atoms. The summed E-state index contributed by atoms with van der Waals surface area (Å²) >= 11 is 0. The number of hydrogen-bond acceptors (Lipinski definition) is 3. The summed E-state index contributed by atoms with van der Waals surface area (Å²) in [6.45, 7) is 3.94. The van der Waals surface area contributed by atoms with Gasteiger partial charge in [0.2, 0.25) is 0 Å². The standard InChI is InChI=1S/C22H19N3O3/c1-13-9-14(2)11-16(10-13)24-22(27)23-15-7-8-19-17(12-15)21(26)25-18-5-3-4-6-20(18)28-19/h3-12H,1-2H3,(H,25,26)(H2,23,24,27). The first-order valence-corrected chi connectivity index (χ1v) is 8.86. The molecule has 0 aromatic heterocycles. The summed E-state index contributed by atoms with van der Waals surface area (Å²) in [7, 11) is 0. The third kappa shape index (κ3) is 3.66. The number of aryl methyl sites for hydroxylation is 2. The molecule has 0 spiro atoms. The molecule has 3 N–H and O–H groups in total. The maximum Gasteiger partial charge on any atom is 0.323 e. The predicted molar refractivity (Wildman–Crippen MR) is 109 cm³/mol. The van der Waals surface area contributed by atoms with Crippen LogP contribution in [0.5, 0.6) is 11.5 Å². The molecule has 3 aromatic rings. The number of carbonyl (C=O) groups is 2. The van der Waals surface area contributed by atoms with E-state index in [-0.39, 0.29) is 11.9 Å². The van der Waals surface area contributed by atoms with Gasteiger partial charge < -0.3 is 20.7 Å². The molecule has 3 amide bonds. The molecule has 1 heterocycles. The molecule has 0 aliphatic carbocycles. The molecule has 0 bridgehead atoms. The lowest BCUT2D eigenvalue weighted by molar-refractivity contribution is 0.102. The van der Waals surface area contributed by atoms with Crippen molar-refractivity contribution in [1.29, 1.82) is 0 Å². The molecular formula is C22H19N3O3. The second kappa shape index (κ2) is 7.08. The first kappa shape index (κ1) is 17.6. The number of amides is 3. The molecule has 0 saturated carbocycles. The molecule has 1 aliphatic heterocycles. The van der Waals surface area contributed by atoms with Gasteiger partial charge in [-0.3, -0.25) is 4.79 Å². The minimum absolute atomic E-state index is 0.293. The van der Waals surface area contributed by atoms with Gasteiger partial charge in [-0.15, -0.1) is 0 Å². The molecular weight excluding hydrogens is 354 g/mol. The van der Waals surface area contributed by atoms with E-state index < -0.39 is 0 Å². The molecule has 0 unspecified atom stereocenters. The normalized spacial score (nSPS) is 12.0. The Kier molecular flexibility index (Phi) is 4.45. The van der Waals surface area contributed by atoms with Gasteiger partial charge in [0.05, 0.1) is 11.3 Å². The van der Waals surface area contributed by atoms with Crippen LogP contribution in [0.4, 0.5) is 21.9 Å². The molecule has 0 saturated heterocycles. The number of hydrogen-bond donors (Lipinski definition) is 3. The van der Waals surface area contributed by atoms with E-state index in [0.29, 0.717) is 34.1 Å². The van der Waals surface area contributed by atoms with E-state index in [4.69, 9.17) is 4.74 Å². The average Bonchev–Trinajstić information content (AvgIpc) is 2.76. The van der Waals surface area contributed by atoms with Crippen molar-refractivity contribution in [3.8, 4) is 11.5 Å². The molecule has 6 nitrogen and oxygen atoms in total. The van der Waals surface area contributed by atoms with Crippen LogP contribution in [0.3, 0.4) is 0 Å². The average molecular weight is 373 g/mol. The number of nitrogens with one attached hydrogen (secondary N) is 3. The summed E-state index contributed by atoms with van der Waals surface area (Å²) in [5.41, 5.74) is 4.28. The van der Waals surface area contributed by atoms with Gasteiger partial charge in [-0.25, -0.2) is 4.79 Å². The Bertz CT molecular complexity index is 1070. The summed E-state index contributed by atoms with van der Waals surface area (Å²) in [6.07, 6.45) is 0. The molecule has 4 rings (SSSR count). The van der Waals surface area contributed by atoms with Crippen molar-refractivity contribution in [2.45, 2.75) is 13.8 Å². The quantitative estimate of drug-likeness (QED) is 0.570. The lowest BCUT2D eigenvalue weighted by Crippen LogP contribution is -2.20. The number of ether oxygens (including phenoxy) is 1. The van der Waals surface area contributed by atoms with Crippen molar-refractivity contribution in [3.63, 3.8) is 0 Å². The van der Waals surface area contributed by atoms with Gasteiger partial charge in [-0.05, 0) is 67.4 Å². The molecule has 0 radical (unpaired) electrons. The highest BCUT2D eigenvalue weighted by atomic mass is 16.5. The van der Waals surface area contributed by atoms with Crippen LogP contribution in [-0.4, -0.2) is 11.9 Å². The van der Waals surface area contributed by atoms with Crippen LogP contribution >= 0.6 is 0 Å². The van der Waals surface area contributed by atoms with E-state index in [2.05, 4.69) is 16.0 Å². The van der Waals surface area contributed by atoms with Crippen LogP contribution in [0.25, 0.3) is 0 Å². The van der Waals surface area contributed by atoms with Crippen LogP contribution in [0.2, 0.25) is 0 Å². The zero-order valence-electron chi connectivity index (χ0n) is 15.5. The molecule has 6 heteroatoms. The molecule has 140 valence electrons. The van der Waals surface area contributed by atoms with Crippen molar-refractivity contribution in [2.75, 3.05) is 16.0 Å². The minimum Gasteiger partial charge on any atom is -0.454 e. The zero-order chi connectivity index (χ0) is 19.7. The number of benzene rings is 3. The van der Waals surface area contributed by atoms with Gasteiger partial charge in [0.1, 0.15) is 5.75 Å². The monoisotopic (exact) mass is 373 g/mol. The summed E-state index contributed by atoms with van der Waals surface area (Å²) in [4.78, 5) is 24.9. The lowest BCUT2D eigenvalue weighted by atomic mass is 10.1. The topological polar surface area (TPSA) is 79.5 Å². The fraction of sp³-hybridized carbons (Fsp3) is 0.0909. The Labute approximate surface area is 162 Å². The number of para-hydroxylation sites is 2. The number of rotatable bonds is 2. The van der Waals surface area contributed by atoms with E-state index in [0.717, 1.165) is 11.1 Å². The first-order chi connectivity index (χ1) is 13.5. The van der Waals surface area contributed by atoms with Gasteiger partial charge in [0.15, 0.2) is 5.75 Å². The first-order valence-electron chi connectivity index (χ1n) is 8.86. The Hall–Kier alpha value is -3.80. The largest absolute Gasteiger partial charge is 0.454 e. The van der Waals surface area contributed by atoms with Gasteiger partial charge in [-0.2, -0.15) is 0 Å². The molecule has 1 aliphatic rings. The predicted octanol–water partition coefficient (Wildman–Crippen LogP) is 5.31. The maximum absolute atomic E-state index is 12.6. The summed E-state index contributed by atoms with van der Waals surface area (Å²) in [5.74, 6) is 0.712. The van der Waals surface area contributed by atoms with Crippen LogP contribution < -0.4 is 20.7 Å². The van der Waals surface area contributed by atoms with Crippen LogP contribution in [0.1, 0.15) is 21.5 Å². The van der Waals surface area contributed by atoms with Crippen molar-refractivity contribution >= 4 is 29.0 Å². The summed E-state index contributed by atoms with van der Waals surface area (Å²) < 4.78 is 5.84. The highest BCUT2D eigenvalue weighted by Crippen LogP contribution is 2.36. The van der Waals surface area contributed by atoms with Crippen molar-refractivity contribution in [1.82, 2.24) is 0 Å². The van der Waals surface area contributed by atoms with Crippen molar-refractivity contribution in [2.24, 2.45) is 0 Å². The number of carbonyl (C=O) groups excluding carboxylic acids is 2. The zero-order valence-corrected chi connectivity index (χ0v) is 15.5. The van der Waals surface area contributed by atoms with Gasteiger partial charge in [0, 0.05) is 11.4 Å². The van der Waals surface area contributed by atoms with Gasteiger partial charge in [-0.1, -0.05) is 18.2 Å². The third-order valence-electron chi connectivity index (χ3n) is 4.32. The number of urea groups is 1. The number of fused-ring (bicyclic) bond motifs is 2. The van der Waals surface area contributed by atoms with Crippen LogP contribution in [0.15, 0.2) is 60.7 Å². The molecule has 0 atom stereocenters. The highest BCUT2D eigenvalue weighted by Gasteiger charge is 2.21. The third-order valence-corrected chi connectivity index (χ3v) is 4.32. The highest BCUT2D eigenvalue weighted by molar-refractivity contribution is 6.09. The van der Waals surface area contributed by atoms with E-state index in [1.807, 2.05) is 44.2 Å². The van der Waals surface area contributed by atoms with E-state index >= 15 is 0 Å². The van der Waals surface area contributed by atoms with E-state index in [9.17, 15) is 9.59 Å². The fourth-order valence-corrected chi connectivity index (χ4v) is 3.18. The SMILES string of the molecule is Cc1cc(C)cc(NC(=O)Nc2ccc3c(c2)C(=O)Nc2ccccc2O3)c1. The fourth-order valence-electron chi connectivity index (χ4n) is 3.18. The summed E-state index contributed by atoms with van der Waals surface area (Å²) in [5, 5.41) is 8.38. The van der Waals surface area contributed by atoms with Crippen LogP contribution in [0, 0.1) is 13.8 Å². The van der Waals surface area contributed by atoms with Crippen molar-refractivity contribution < 1.29 is 14.3 Å². The Morgan fingerprint density at radius 1 is 0.857 bits per heavy atom. The Morgan fingerprint density at radius 3 is 2.36 bits per heavy atom. The van der Waals surface area contributed by atoms with Crippen molar-refractivity contribution in [3.05, 3.63) is 77.4 Å². The smallest absolute Gasteiger partial charge is 0.323 e.